The minimum atomic E-state index is -0.115. The fourth-order valence-electron chi connectivity index (χ4n) is 12.0. The predicted molar refractivity (Wildman–Crippen MR) is 146 cm³/mol. The van der Waals surface area contributed by atoms with Gasteiger partial charge in [0.05, 0.1) is 6.10 Å². The molecule has 0 saturated heterocycles. The van der Waals surface area contributed by atoms with Gasteiger partial charge in [-0.15, -0.1) is 0 Å². The summed E-state index contributed by atoms with van der Waals surface area (Å²) >= 11 is 0. The molecule has 0 N–H and O–H groups in total. The van der Waals surface area contributed by atoms with Crippen molar-refractivity contribution in [3.63, 3.8) is 0 Å². The Kier molecular flexibility index (Phi) is 6.19. The van der Waals surface area contributed by atoms with Crippen molar-refractivity contribution in [2.75, 3.05) is 7.11 Å². The number of methoxy groups -OCH3 is 1. The first-order valence-electron chi connectivity index (χ1n) is 15.0. The van der Waals surface area contributed by atoms with Gasteiger partial charge in [-0.3, -0.25) is 4.79 Å². The molecule has 0 aromatic rings. The monoisotopic (exact) mass is 498 g/mol. The van der Waals surface area contributed by atoms with Gasteiger partial charge in [0.1, 0.15) is 6.10 Å². The zero-order valence-electron chi connectivity index (χ0n) is 25.0. The summed E-state index contributed by atoms with van der Waals surface area (Å²) in [7, 11) is 1.93. The van der Waals surface area contributed by atoms with Crippen LogP contribution in [-0.4, -0.2) is 25.3 Å². The molecule has 0 aromatic heterocycles. The number of carbonyl (C=O) groups is 1. The van der Waals surface area contributed by atoms with Crippen LogP contribution >= 0.6 is 0 Å². The Bertz CT molecular complexity index is 935. The van der Waals surface area contributed by atoms with E-state index in [0.717, 1.165) is 18.3 Å². The van der Waals surface area contributed by atoms with Crippen molar-refractivity contribution >= 4 is 5.97 Å². The molecular formula is C33H54O3. The number of allylic oxidation sites excluding steroid dienone is 1. The fourth-order valence-corrected chi connectivity index (χ4v) is 12.0. The molecule has 36 heavy (non-hydrogen) atoms. The molecule has 0 unspecified atom stereocenters. The Morgan fingerprint density at radius 1 is 0.861 bits per heavy atom. The summed E-state index contributed by atoms with van der Waals surface area (Å²) in [6.07, 6.45) is 12.9. The van der Waals surface area contributed by atoms with Crippen LogP contribution in [0, 0.1) is 56.7 Å². The van der Waals surface area contributed by atoms with Crippen molar-refractivity contribution in [1.82, 2.24) is 0 Å². The molecular weight excluding hydrogens is 444 g/mol. The highest BCUT2D eigenvalue weighted by atomic mass is 16.5. The Morgan fingerprint density at radius 2 is 1.56 bits per heavy atom. The van der Waals surface area contributed by atoms with Crippen molar-refractivity contribution in [2.45, 2.75) is 126 Å². The summed E-state index contributed by atoms with van der Waals surface area (Å²) in [5.74, 6) is 3.35. The zero-order chi connectivity index (χ0) is 26.5. The van der Waals surface area contributed by atoms with E-state index in [0.29, 0.717) is 34.0 Å². The number of ether oxygens (including phenoxy) is 2. The standard InChI is InChI=1S/C33H54O3/c1-20-19-27(35-10)31(7)17-18-32(8)23(28(31)21(20)2)11-12-25-30(6)15-14-26(36-22(3)34)29(4,5)24(30)13-16-33(25,32)9/h19,21,23-28H,11-18H2,1-10H3/t21-,23-,24+,25-,26+,27+,28+,30+,31+,32-,33-/m1/s1. The van der Waals surface area contributed by atoms with Crippen molar-refractivity contribution in [1.29, 1.82) is 0 Å². The third-order valence-electron chi connectivity index (χ3n) is 14.1. The topological polar surface area (TPSA) is 35.5 Å². The van der Waals surface area contributed by atoms with Crippen LogP contribution in [-0.2, 0) is 14.3 Å². The minimum Gasteiger partial charge on any atom is -0.462 e. The molecule has 4 saturated carbocycles. The van der Waals surface area contributed by atoms with E-state index in [1.807, 2.05) is 7.11 Å². The van der Waals surface area contributed by atoms with Gasteiger partial charge >= 0.3 is 5.97 Å². The smallest absolute Gasteiger partial charge is 0.302 e. The molecule has 4 fully saturated rings. The van der Waals surface area contributed by atoms with Gasteiger partial charge in [-0.05, 0) is 104 Å². The first-order chi connectivity index (χ1) is 16.7. The lowest BCUT2D eigenvalue weighted by molar-refractivity contribution is -0.258. The molecule has 0 amide bonds. The van der Waals surface area contributed by atoms with Crippen LogP contribution in [0.25, 0.3) is 0 Å². The van der Waals surface area contributed by atoms with E-state index >= 15 is 0 Å². The van der Waals surface area contributed by atoms with Gasteiger partial charge in [-0.1, -0.05) is 60.1 Å². The van der Waals surface area contributed by atoms with E-state index in [9.17, 15) is 4.79 Å². The summed E-state index contributed by atoms with van der Waals surface area (Å²) < 4.78 is 12.1. The highest BCUT2D eigenvalue weighted by Crippen LogP contribution is 2.76. The molecule has 11 atom stereocenters. The van der Waals surface area contributed by atoms with Gasteiger partial charge in [-0.2, -0.15) is 0 Å². The lowest BCUT2D eigenvalue weighted by Crippen LogP contribution is -2.68. The summed E-state index contributed by atoms with van der Waals surface area (Å²) in [6.45, 7) is 21.9. The second-order valence-corrected chi connectivity index (χ2v) is 15.5. The second kappa shape index (κ2) is 8.33. The zero-order valence-corrected chi connectivity index (χ0v) is 25.0. The average molecular weight is 499 g/mol. The fraction of sp³-hybridized carbons (Fsp3) is 0.909. The number of esters is 1. The molecule has 0 spiro atoms. The van der Waals surface area contributed by atoms with E-state index in [2.05, 4.69) is 61.5 Å². The Morgan fingerprint density at radius 3 is 2.19 bits per heavy atom. The molecule has 5 rings (SSSR count). The second-order valence-electron chi connectivity index (χ2n) is 15.5. The maximum absolute atomic E-state index is 11.9. The number of carbonyl (C=O) groups excluding carboxylic acids is 1. The number of fused-ring (bicyclic) bond motifs is 7. The summed E-state index contributed by atoms with van der Waals surface area (Å²) in [5, 5.41) is 0. The largest absolute Gasteiger partial charge is 0.462 e. The van der Waals surface area contributed by atoms with Crippen molar-refractivity contribution in [3.8, 4) is 0 Å². The first kappa shape index (κ1) is 26.8. The molecule has 204 valence electrons. The summed E-state index contributed by atoms with van der Waals surface area (Å²) in [5.41, 5.74) is 2.88. The molecule has 0 bridgehead atoms. The van der Waals surface area contributed by atoms with Gasteiger partial charge in [-0.25, -0.2) is 0 Å². The van der Waals surface area contributed by atoms with E-state index in [-0.39, 0.29) is 29.0 Å². The van der Waals surface area contributed by atoms with E-state index < -0.39 is 0 Å². The van der Waals surface area contributed by atoms with Crippen LogP contribution in [0.1, 0.15) is 114 Å². The highest BCUT2D eigenvalue weighted by Gasteiger charge is 2.70. The lowest BCUT2D eigenvalue weighted by atomic mass is 9.31. The van der Waals surface area contributed by atoms with Gasteiger partial charge in [0.2, 0.25) is 0 Å². The molecule has 0 aromatic carbocycles. The maximum Gasteiger partial charge on any atom is 0.302 e. The Balaban J connectivity index is 1.51. The normalized spacial score (nSPS) is 53.7. The van der Waals surface area contributed by atoms with Crippen LogP contribution in [0.4, 0.5) is 0 Å². The quantitative estimate of drug-likeness (QED) is 0.284. The third kappa shape index (κ3) is 3.29. The molecule has 3 nitrogen and oxygen atoms in total. The Hall–Kier alpha value is -0.830. The number of hydrogen-bond acceptors (Lipinski definition) is 3. The molecule has 0 radical (unpaired) electrons. The van der Waals surface area contributed by atoms with Crippen LogP contribution in [0.15, 0.2) is 11.6 Å². The molecule has 0 heterocycles. The van der Waals surface area contributed by atoms with Gasteiger partial charge < -0.3 is 9.47 Å². The third-order valence-corrected chi connectivity index (χ3v) is 14.1. The Labute approximate surface area is 221 Å². The SMILES string of the molecule is CO[C@H]1C=C(C)[C@@H](C)[C@H]2[C@H]3CC[C@@H]4[C@@]5(C)CC[C@H](OC(C)=O)C(C)(C)[C@@H]5CC[C@@]4(C)[C@]3(C)CC[C@]21C. The van der Waals surface area contributed by atoms with Crippen molar-refractivity contribution in [3.05, 3.63) is 11.6 Å². The van der Waals surface area contributed by atoms with Gasteiger partial charge in [0.25, 0.3) is 0 Å². The number of hydrogen-bond donors (Lipinski definition) is 0. The lowest BCUT2D eigenvalue weighted by Gasteiger charge is -2.74. The maximum atomic E-state index is 11.9. The molecule has 0 aliphatic heterocycles. The average Bonchev–Trinajstić information content (AvgIpc) is 2.79. The van der Waals surface area contributed by atoms with Crippen molar-refractivity contribution in [2.24, 2.45) is 56.7 Å². The van der Waals surface area contributed by atoms with Crippen LogP contribution in [0.2, 0.25) is 0 Å². The first-order valence-corrected chi connectivity index (χ1v) is 15.0. The van der Waals surface area contributed by atoms with Crippen LogP contribution in [0.5, 0.6) is 0 Å². The van der Waals surface area contributed by atoms with E-state index in [1.165, 1.54) is 44.9 Å². The van der Waals surface area contributed by atoms with Crippen LogP contribution in [0.3, 0.4) is 0 Å². The minimum absolute atomic E-state index is 0.0361. The van der Waals surface area contributed by atoms with Gasteiger partial charge in [0, 0.05) is 24.9 Å². The van der Waals surface area contributed by atoms with E-state index in [4.69, 9.17) is 9.47 Å². The molecule has 3 heteroatoms. The van der Waals surface area contributed by atoms with E-state index in [1.54, 1.807) is 12.5 Å². The van der Waals surface area contributed by atoms with Crippen molar-refractivity contribution < 1.29 is 14.3 Å². The van der Waals surface area contributed by atoms with Crippen LogP contribution < -0.4 is 0 Å². The summed E-state index contributed by atoms with van der Waals surface area (Å²) in [4.78, 5) is 11.9. The molecule has 5 aliphatic rings. The predicted octanol–water partition coefficient (Wildman–Crippen LogP) is 8.22. The van der Waals surface area contributed by atoms with Gasteiger partial charge in [0.15, 0.2) is 0 Å². The summed E-state index contributed by atoms with van der Waals surface area (Å²) in [6, 6.07) is 0. The molecule has 5 aliphatic carbocycles. The highest BCUT2D eigenvalue weighted by molar-refractivity contribution is 5.66. The number of rotatable bonds is 2.